The zero-order valence-corrected chi connectivity index (χ0v) is 10.6. The van der Waals surface area contributed by atoms with Gasteiger partial charge in [0, 0.05) is 30.3 Å². The van der Waals surface area contributed by atoms with Crippen molar-refractivity contribution >= 4 is 11.4 Å². The molecule has 0 spiro atoms. The van der Waals surface area contributed by atoms with E-state index in [2.05, 4.69) is 5.32 Å². The van der Waals surface area contributed by atoms with Crippen LogP contribution in [0.1, 0.15) is 18.9 Å². The second-order valence-electron chi connectivity index (χ2n) is 4.66. The molecule has 0 radical (unpaired) electrons. The quantitative estimate of drug-likeness (QED) is 0.663. The Morgan fingerprint density at radius 2 is 2.42 bits per heavy atom. The topological polar surface area (TPSA) is 88.2 Å². The molecule has 1 aromatic rings. The molecule has 1 aromatic carbocycles. The summed E-state index contributed by atoms with van der Waals surface area (Å²) in [4.78, 5) is 10.3. The normalized spacial score (nSPS) is 19.7. The number of nitriles is 1. The Balaban J connectivity index is 2.14. The fourth-order valence-corrected chi connectivity index (χ4v) is 2.19. The Hall–Kier alpha value is -2.13. The van der Waals surface area contributed by atoms with Gasteiger partial charge in [-0.2, -0.15) is 5.26 Å². The van der Waals surface area contributed by atoms with Crippen LogP contribution in [0.4, 0.5) is 11.4 Å². The molecule has 0 saturated carbocycles. The lowest BCUT2D eigenvalue weighted by atomic mass is 10.0. The molecule has 100 valence electrons. The average molecular weight is 261 g/mol. The van der Waals surface area contributed by atoms with Crippen molar-refractivity contribution in [1.82, 2.24) is 0 Å². The van der Waals surface area contributed by atoms with Gasteiger partial charge >= 0.3 is 0 Å². The summed E-state index contributed by atoms with van der Waals surface area (Å²) in [6.07, 6.45) is 0.993. The third-order valence-corrected chi connectivity index (χ3v) is 3.38. The summed E-state index contributed by atoms with van der Waals surface area (Å²) in [5, 5.41) is 22.9. The van der Waals surface area contributed by atoms with Gasteiger partial charge in [0.25, 0.3) is 5.69 Å². The van der Waals surface area contributed by atoms with Crippen LogP contribution in [0.15, 0.2) is 18.2 Å². The number of hydrogen-bond donors (Lipinski definition) is 1. The van der Waals surface area contributed by atoms with E-state index in [-0.39, 0.29) is 17.3 Å². The van der Waals surface area contributed by atoms with E-state index in [0.717, 1.165) is 13.0 Å². The molecule has 2 atom stereocenters. The first-order valence-electron chi connectivity index (χ1n) is 6.14. The van der Waals surface area contributed by atoms with Crippen molar-refractivity contribution in [3.63, 3.8) is 0 Å². The van der Waals surface area contributed by atoms with E-state index in [1.807, 2.05) is 13.0 Å². The maximum absolute atomic E-state index is 10.9. The average Bonchev–Trinajstić information content (AvgIpc) is 2.92. The van der Waals surface area contributed by atoms with Gasteiger partial charge in [-0.15, -0.1) is 0 Å². The standard InChI is InChI=1S/C13H15N3O3/c1-9(11-4-5-19-8-11)15-12-3-2-10(7-14)13(6-12)16(17)18/h2-3,6,9,11,15H,4-5,8H2,1H3. The molecule has 0 amide bonds. The van der Waals surface area contributed by atoms with Gasteiger partial charge in [-0.3, -0.25) is 10.1 Å². The second kappa shape index (κ2) is 5.67. The summed E-state index contributed by atoms with van der Waals surface area (Å²) in [6, 6.07) is 6.57. The molecule has 2 rings (SSSR count). The zero-order valence-electron chi connectivity index (χ0n) is 10.6. The summed E-state index contributed by atoms with van der Waals surface area (Å²) < 4.78 is 5.32. The number of nitrogens with zero attached hydrogens (tertiary/aromatic N) is 2. The fourth-order valence-electron chi connectivity index (χ4n) is 2.19. The lowest BCUT2D eigenvalue weighted by molar-refractivity contribution is -0.385. The number of rotatable bonds is 4. The Morgan fingerprint density at radius 3 is 3.00 bits per heavy atom. The third kappa shape index (κ3) is 3.01. The summed E-state index contributed by atoms with van der Waals surface area (Å²) in [7, 11) is 0. The minimum atomic E-state index is -0.535. The maximum atomic E-state index is 10.9. The summed E-state index contributed by atoms with van der Waals surface area (Å²) >= 11 is 0. The molecular weight excluding hydrogens is 246 g/mol. The highest BCUT2D eigenvalue weighted by atomic mass is 16.6. The molecule has 1 heterocycles. The molecule has 19 heavy (non-hydrogen) atoms. The smallest absolute Gasteiger partial charge is 0.289 e. The Morgan fingerprint density at radius 1 is 1.63 bits per heavy atom. The largest absolute Gasteiger partial charge is 0.382 e. The number of ether oxygens (including phenoxy) is 1. The number of anilines is 1. The van der Waals surface area contributed by atoms with Crippen molar-refractivity contribution < 1.29 is 9.66 Å². The van der Waals surface area contributed by atoms with E-state index in [9.17, 15) is 10.1 Å². The van der Waals surface area contributed by atoms with Crippen molar-refractivity contribution in [2.24, 2.45) is 5.92 Å². The molecule has 1 fully saturated rings. The van der Waals surface area contributed by atoms with Crippen LogP contribution in [0.5, 0.6) is 0 Å². The van der Waals surface area contributed by atoms with Crippen molar-refractivity contribution in [2.45, 2.75) is 19.4 Å². The predicted molar refractivity (Wildman–Crippen MR) is 69.8 cm³/mol. The van der Waals surface area contributed by atoms with E-state index in [1.54, 1.807) is 6.07 Å². The summed E-state index contributed by atoms with van der Waals surface area (Å²) in [6.45, 7) is 3.51. The van der Waals surface area contributed by atoms with Gasteiger partial charge in [-0.25, -0.2) is 0 Å². The fraction of sp³-hybridized carbons (Fsp3) is 0.462. The van der Waals surface area contributed by atoms with E-state index in [0.29, 0.717) is 18.2 Å². The lowest BCUT2D eigenvalue weighted by Crippen LogP contribution is -2.26. The van der Waals surface area contributed by atoms with Crippen molar-refractivity contribution in [3.05, 3.63) is 33.9 Å². The molecule has 6 heteroatoms. The van der Waals surface area contributed by atoms with E-state index < -0.39 is 4.92 Å². The monoisotopic (exact) mass is 261 g/mol. The Labute approximate surface area is 111 Å². The number of benzene rings is 1. The molecule has 1 N–H and O–H groups in total. The van der Waals surface area contributed by atoms with Crippen LogP contribution >= 0.6 is 0 Å². The molecule has 2 unspecified atom stereocenters. The Kier molecular flexibility index (Phi) is 3.97. The molecule has 0 aromatic heterocycles. The highest BCUT2D eigenvalue weighted by molar-refractivity contribution is 5.59. The van der Waals surface area contributed by atoms with Crippen LogP contribution in [-0.2, 0) is 4.74 Å². The summed E-state index contributed by atoms with van der Waals surface area (Å²) in [5.41, 5.74) is 0.569. The van der Waals surface area contributed by atoms with Crippen LogP contribution in [0, 0.1) is 27.4 Å². The molecule has 1 aliphatic rings. The number of nitro groups is 1. The van der Waals surface area contributed by atoms with Crippen molar-refractivity contribution in [1.29, 1.82) is 5.26 Å². The molecule has 1 saturated heterocycles. The van der Waals surface area contributed by atoms with E-state index in [4.69, 9.17) is 10.00 Å². The highest BCUT2D eigenvalue weighted by Crippen LogP contribution is 2.25. The van der Waals surface area contributed by atoms with Gasteiger partial charge in [-0.05, 0) is 25.5 Å². The first kappa shape index (κ1) is 13.3. The maximum Gasteiger partial charge on any atom is 0.289 e. The van der Waals surface area contributed by atoms with E-state index in [1.165, 1.54) is 12.1 Å². The van der Waals surface area contributed by atoms with Gasteiger partial charge in [-0.1, -0.05) is 0 Å². The van der Waals surface area contributed by atoms with Crippen LogP contribution in [0.3, 0.4) is 0 Å². The minimum absolute atomic E-state index is 0.0763. The molecule has 0 bridgehead atoms. The van der Waals surface area contributed by atoms with Crippen LogP contribution < -0.4 is 5.32 Å². The van der Waals surface area contributed by atoms with Gasteiger partial charge in [0.15, 0.2) is 0 Å². The second-order valence-corrected chi connectivity index (χ2v) is 4.66. The van der Waals surface area contributed by atoms with Crippen LogP contribution in [0.25, 0.3) is 0 Å². The van der Waals surface area contributed by atoms with Crippen molar-refractivity contribution in [3.8, 4) is 6.07 Å². The summed E-state index contributed by atoms with van der Waals surface area (Å²) in [5.74, 6) is 0.412. The predicted octanol–water partition coefficient (Wildman–Crippen LogP) is 2.30. The molecule has 6 nitrogen and oxygen atoms in total. The zero-order chi connectivity index (χ0) is 13.8. The van der Waals surface area contributed by atoms with Crippen LogP contribution in [-0.4, -0.2) is 24.2 Å². The SMILES string of the molecule is CC(Nc1ccc(C#N)c([N+](=O)[O-])c1)C1CCOC1. The minimum Gasteiger partial charge on any atom is -0.382 e. The molecule has 0 aliphatic carbocycles. The number of nitrogens with one attached hydrogen (secondary N) is 1. The number of nitro benzene ring substituents is 1. The van der Waals surface area contributed by atoms with Crippen LogP contribution in [0.2, 0.25) is 0 Å². The van der Waals surface area contributed by atoms with Gasteiger partial charge < -0.3 is 10.1 Å². The number of hydrogen-bond acceptors (Lipinski definition) is 5. The lowest BCUT2D eigenvalue weighted by Gasteiger charge is -2.20. The first-order valence-corrected chi connectivity index (χ1v) is 6.14. The van der Waals surface area contributed by atoms with Crippen molar-refractivity contribution in [2.75, 3.05) is 18.5 Å². The molecular formula is C13H15N3O3. The van der Waals surface area contributed by atoms with Gasteiger partial charge in [0.1, 0.15) is 11.6 Å². The highest BCUT2D eigenvalue weighted by Gasteiger charge is 2.23. The third-order valence-electron chi connectivity index (χ3n) is 3.38. The molecule has 1 aliphatic heterocycles. The Bertz CT molecular complexity index is 518. The van der Waals surface area contributed by atoms with Gasteiger partial charge in [0.2, 0.25) is 0 Å². The van der Waals surface area contributed by atoms with Gasteiger partial charge in [0.05, 0.1) is 11.5 Å². The first-order chi connectivity index (χ1) is 9.11. The van der Waals surface area contributed by atoms with E-state index >= 15 is 0 Å².